The van der Waals surface area contributed by atoms with Crippen LogP contribution in [-0.2, 0) is 40.9 Å². The van der Waals surface area contributed by atoms with Crippen LogP contribution in [0, 0.1) is 5.92 Å². The molecule has 0 aliphatic heterocycles. The molecule has 0 saturated heterocycles. The summed E-state index contributed by atoms with van der Waals surface area (Å²) in [5, 5.41) is 14.6. The van der Waals surface area contributed by atoms with Gasteiger partial charge in [-0.25, -0.2) is 4.79 Å². The number of carboxylic acid groups (broad SMARTS) is 1. The van der Waals surface area contributed by atoms with Gasteiger partial charge in [0.2, 0.25) is 11.8 Å². The topological polar surface area (TPSA) is 157 Å². The molecule has 0 aliphatic rings. The highest BCUT2D eigenvalue weighted by atomic mass is 32.2. The first-order valence-electron chi connectivity index (χ1n) is 13.4. The number of Topliss-reactive ketones (excluding diaryl/α,β-unsaturated/α-hetero) is 1. The number of benzene rings is 2. The standard InChI is InChI=1S/C30H38N2O9S/c1-5-40-25-12-11-22(41-16-28(37)39-4)13-21(25)14-26(34)32-29(19(2)3)30(38)31-23(15-27(35)36)24(33)18-42-17-20-9-7-6-8-10-20/h6-13,19,23,29H,5,14-18H2,1-4H3,(H,31,38)(H,32,34)(H,35,36). The highest BCUT2D eigenvalue weighted by Crippen LogP contribution is 2.25. The molecule has 0 spiro atoms. The first kappa shape index (κ1) is 34.1. The van der Waals surface area contributed by atoms with Crippen LogP contribution >= 0.6 is 11.8 Å². The highest BCUT2D eigenvalue weighted by molar-refractivity contribution is 7.99. The van der Waals surface area contributed by atoms with E-state index in [0.29, 0.717) is 29.4 Å². The summed E-state index contributed by atoms with van der Waals surface area (Å²) in [6, 6.07) is 12.0. The Morgan fingerprint density at radius 2 is 1.69 bits per heavy atom. The number of ketones is 1. The van der Waals surface area contributed by atoms with Gasteiger partial charge in [-0.2, -0.15) is 0 Å². The number of hydrogen-bond acceptors (Lipinski definition) is 9. The first-order valence-corrected chi connectivity index (χ1v) is 14.6. The SMILES string of the molecule is CCOc1ccc(OCC(=O)OC)cc1CC(=O)NC(C(=O)NC(CC(=O)O)C(=O)CSCc1ccccc1)C(C)C. The van der Waals surface area contributed by atoms with Crippen LogP contribution in [0.1, 0.15) is 38.3 Å². The van der Waals surface area contributed by atoms with E-state index in [1.165, 1.54) is 18.9 Å². The van der Waals surface area contributed by atoms with Crippen molar-refractivity contribution in [2.75, 3.05) is 26.1 Å². The molecular weight excluding hydrogens is 564 g/mol. The normalized spacial score (nSPS) is 12.1. The second kappa shape index (κ2) is 17.7. The van der Waals surface area contributed by atoms with Crippen molar-refractivity contribution in [3.63, 3.8) is 0 Å². The zero-order chi connectivity index (χ0) is 31.1. The lowest BCUT2D eigenvalue weighted by molar-refractivity contribution is -0.143. The Morgan fingerprint density at radius 3 is 2.31 bits per heavy atom. The lowest BCUT2D eigenvalue weighted by Crippen LogP contribution is -2.54. The number of thioether (sulfide) groups is 1. The van der Waals surface area contributed by atoms with E-state index >= 15 is 0 Å². The summed E-state index contributed by atoms with van der Waals surface area (Å²) in [5.74, 6) is -2.43. The van der Waals surface area contributed by atoms with Crippen molar-refractivity contribution in [2.45, 2.75) is 51.4 Å². The van der Waals surface area contributed by atoms with Gasteiger partial charge in [0.1, 0.15) is 17.5 Å². The van der Waals surface area contributed by atoms with Crippen LogP contribution in [0.3, 0.4) is 0 Å². The second-order valence-electron chi connectivity index (χ2n) is 9.64. The molecule has 0 heterocycles. The summed E-state index contributed by atoms with van der Waals surface area (Å²) >= 11 is 1.32. The number of aliphatic carboxylic acids is 1. The third kappa shape index (κ3) is 11.8. The Kier molecular flexibility index (Phi) is 14.4. The van der Waals surface area contributed by atoms with Crippen molar-refractivity contribution < 1.29 is 43.3 Å². The van der Waals surface area contributed by atoms with Gasteiger partial charge in [-0.1, -0.05) is 44.2 Å². The van der Waals surface area contributed by atoms with Crippen LogP contribution in [0.4, 0.5) is 0 Å². The third-order valence-electron chi connectivity index (χ3n) is 5.97. The molecule has 2 amide bonds. The van der Waals surface area contributed by atoms with Gasteiger partial charge in [0.05, 0.1) is 38.4 Å². The lowest BCUT2D eigenvalue weighted by atomic mass is 10.0. The summed E-state index contributed by atoms with van der Waals surface area (Å²) in [5.41, 5.74) is 1.48. The molecule has 2 aromatic rings. The fourth-order valence-electron chi connectivity index (χ4n) is 3.84. The van der Waals surface area contributed by atoms with Crippen LogP contribution in [0.15, 0.2) is 48.5 Å². The predicted molar refractivity (Wildman–Crippen MR) is 157 cm³/mol. The lowest BCUT2D eigenvalue weighted by Gasteiger charge is -2.25. The van der Waals surface area contributed by atoms with E-state index in [2.05, 4.69) is 15.4 Å². The van der Waals surface area contributed by atoms with Crippen LogP contribution in [0.2, 0.25) is 0 Å². The van der Waals surface area contributed by atoms with Gasteiger partial charge in [-0.15, -0.1) is 11.8 Å². The van der Waals surface area contributed by atoms with Gasteiger partial charge < -0.3 is 30.0 Å². The number of esters is 1. The summed E-state index contributed by atoms with van der Waals surface area (Å²) < 4.78 is 15.6. The summed E-state index contributed by atoms with van der Waals surface area (Å²) in [6.45, 7) is 5.27. The van der Waals surface area contributed by atoms with Gasteiger partial charge in [-0.05, 0) is 36.6 Å². The van der Waals surface area contributed by atoms with Crippen LogP contribution in [0.25, 0.3) is 0 Å². The molecule has 12 heteroatoms. The Labute approximate surface area is 249 Å². The average Bonchev–Trinajstić information content (AvgIpc) is 2.95. The number of amides is 2. The third-order valence-corrected chi connectivity index (χ3v) is 7.00. The number of methoxy groups -OCH3 is 1. The second-order valence-corrected chi connectivity index (χ2v) is 10.6. The molecule has 11 nitrogen and oxygen atoms in total. The zero-order valence-corrected chi connectivity index (χ0v) is 25.0. The molecule has 0 radical (unpaired) electrons. The molecule has 42 heavy (non-hydrogen) atoms. The first-order chi connectivity index (χ1) is 20.0. The molecule has 0 saturated carbocycles. The van der Waals surface area contributed by atoms with Crippen molar-refractivity contribution in [1.82, 2.24) is 10.6 Å². The van der Waals surface area contributed by atoms with Crippen molar-refractivity contribution in [3.8, 4) is 11.5 Å². The number of carboxylic acids is 1. The Hall–Kier alpha value is -4.06. The molecule has 0 bridgehead atoms. The summed E-state index contributed by atoms with van der Waals surface area (Å²) in [6.07, 6.45) is -0.750. The minimum Gasteiger partial charge on any atom is -0.494 e. The van der Waals surface area contributed by atoms with Gasteiger partial charge >= 0.3 is 11.9 Å². The van der Waals surface area contributed by atoms with Crippen LogP contribution in [-0.4, -0.2) is 72.8 Å². The monoisotopic (exact) mass is 602 g/mol. The zero-order valence-electron chi connectivity index (χ0n) is 24.2. The van der Waals surface area contributed by atoms with Crippen molar-refractivity contribution >= 4 is 41.3 Å². The number of carbonyl (C=O) groups excluding carboxylic acids is 4. The van der Waals surface area contributed by atoms with Crippen molar-refractivity contribution in [1.29, 1.82) is 0 Å². The van der Waals surface area contributed by atoms with Gasteiger partial charge in [0.25, 0.3) is 0 Å². The van der Waals surface area contributed by atoms with E-state index in [4.69, 9.17) is 9.47 Å². The van der Waals surface area contributed by atoms with Gasteiger partial charge in [-0.3, -0.25) is 19.2 Å². The number of hydrogen-bond donors (Lipinski definition) is 3. The van der Waals surface area contributed by atoms with Crippen molar-refractivity contribution in [2.24, 2.45) is 5.92 Å². The maximum atomic E-state index is 13.2. The van der Waals surface area contributed by atoms with Gasteiger partial charge in [0.15, 0.2) is 12.4 Å². The number of rotatable bonds is 18. The van der Waals surface area contributed by atoms with E-state index in [1.54, 1.807) is 39.0 Å². The van der Waals surface area contributed by atoms with E-state index < -0.39 is 48.0 Å². The Bertz CT molecular complexity index is 1220. The minimum atomic E-state index is -1.25. The molecule has 0 fully saturated rings. The van der Waals surface area contributed by atoms with E-state index in [9.17, 15) is 29.1 Å². The minimum absolute atomic E-state index is 0.0143. The van der Waals surface area contributed by atoms with E-state index in [-0.39, 0.29) is 24.7 Å². The Balaban J connectivity index is 2.08. The number of nitrogens with one attached hydrogen (secondary N) is 2. The molecular formula is C30H38N2O9S. The molecule has 0 aliphatic carbocycles. The highest BCUT2D eigenvalue weighted by Gasteiger charge is 2.30. The molecule has 0 aromatic heterocycles. The Morgan fingerprint density at radius 1 is 0.976 bits per heavy atom. The summed E-state index contributed by atoms with van der Waals surface area (Å²) in [4.78, 5) is 62.0. The largest absolute Gasteiger partial charge is 0.494 e. The number of carbonyl (C=O) groups is 5. The molecule has 228 valence electrons. The predicted octanol–water partition coefficient (Wildman–Crippen LogP) is 2.78. The van der Waals surface area contributed by atoms with Crippen molar-refractivity contribution in [3.05, 3.63) is 59.7 Å². The molecule has 2 aromatic carbocycles. The molecule has 3 N–H and O–H groups in total. The maximum absolute atomic E-state index is 13.2. The quantitative estimate of drug-likeness (QED) is 0.217. The fourth-order valence-corrected chi connectivity index (χ4v) is 4.77. The van der Waals surface area contributed by atoms with Crippen LogP contribution in [0.5, 0.6) is 11.5 Å². The van der Waals surface area contributed by atoms with Crippen LogP contribution < -0.4 is 20.1 Å². The molecule has 2 atom stereocenters. The number of ether oxygens (including phenoxy) is 3. The van der Waals surface area contributed by atoms with E-state index in [1.807, 2.05) is 30.3 Å². The van der Waals surface area contributed by atoms with E-state index in [0.717, 1.165) is 5.56 Å². The maximum Gasteiger partial charge on any atom is 0.343 e. The fraction of sp³-hybridized carbons (Fsp3) is 0.433. The summed E-state index contributed by atoms with van der Waals surface area (Å²) in [7, 11) is 1.24. The molecule has 2 rings (SSSR count). The molecule has 2 unspecified atom stereocenters. The smallest absolute Gasteiger partial charge is 0.343 e. The average molecular weight is 603 g/mol. The van der Waals surface area contributed by atoms with Gasteiger partial charge in [0, 0.05) is 11.3 Å².